The lowest BCUT2D eigenvalue weighted by molar-refractivity contribution is 1.36. The minimum absolute atomic E-state index is 0.901. The monoisotopic (exact) mass is 865 g/mol. The van der Waals surface area contributed by atoms with Crippen LogP contribution in [0.3, 0.4) is 0 Å². The predicted molar refractivity (Wildman–Crippen MR) is 284 cm³/mol. The fourth-order valence-corrected chi connectivity index (χ4v) is 10.0. The second-order valence-corrected chi connectivity index (χ2v) is 17.1. The van der Waals surface area contributed by atoms with Crippen LogP contribution in [0.5, 0.6) is 0 Å². The van der Waals surface area contributed by atoms with E-state index in [4.69, 9.17) is 9.97 Å². The van der Waals surface area contributed by atoms with E-state index >= 15 is 0 Å². The standard InChI is InChI=1S/C42H26N2.C21H13N3/c1-2-9-32-26-33(22-15-27(32)8-1)40-36-13-5-3-11-34(36)39(35-12-4-6-14-37(35)40)29-18-16-28(17-19-29)38-24-23-31-21-20-30-10-7-25-43-41(30)42(31)44-38;1-2-6-14(7-3-1)18-11-10-16-15-8-4-12-22-20(15)21-17(19(16)24-18)9-5-13-23-21/h1-26H;1-13H. The molecule has 0 saturated heterocycles. The fraction of sp³-hybridized carbons (Fsp3) is 0. The summed E-state index contributed by atoms with van der Waals surface area (Å²) in [6, 6.07) is 77.0. The first kappa shape index (κ1) is 39.2. The topological polar surface area (TPSA) is 64.5 Å². The van der Waals surface area contributed by atoms with Gasteiger partial charge in [-0.25, -0.2) is 9.97 Å². The number of aromatic nitrogens is 5. The van der Waals surface area contributed by atoms with Gasteiger partial charge in [-0.3, -0.25) is 15.0 Å². The van der Waals surface area contributed by atoms with Crippen LogP contribution < -0.4 is 0 Å². The summed E-state index contributed by atoms with van der Waals surface area (Å²) < 4.78 is 0. The van der Waals surface area contributed by atoms with Gasteiger partial charge in [0.2, 0.25) is 0 Å². The van der Waals surface area contributed by atoms with Crippen LogP contribution in [-0.4, -0.2) is 24.9 Å². The number of pyridine rings is 5. The summed E-state index contributed by atoms with van der Waals surface area (Å²) in [5.41, 5.74) is 13.8. The van der Waals surface area contributed by atoms with Gasteiger partial charge >= 0.3 is 0 Å². The zero-order valence-electron chi connectivity index (χ0n) is 36.8. The van der Waals surface area contributed by atoms with Crippen LogP contribution in [0, 0.1) is 0 Å². The lowest BCUT2D eigenvalue weighted by Gasteiger charge is -2.18. The molecule has 14 aromatic rings. The van der Waals surface area contributed by atoms with Gasteiger partial charge in [0, 0.05) is 56.6 Å². The SMILES string of the molecule is c1ccc(-c2ccc3c4cccnc4c4ncccc4c3n2)cc1.c1ccc2cc(-c3c4ccccc4c(-c4ccc(-c5ccc6ccc7cccnc7c6n5)cc4)c4ccccc34)ccc2c1. The maximum absolute atomic E-state index is 5.08. The lowest BCUT2D eigenvalue weighted by Crippen LogP contribution is -1.91. The fourth-order valence-electron chi connectivity index (χ4n) is 10.0. The Morgan fingerprint density at radius 3 is 1.35 bits per heavy atom. The van der Waals surface area contributed by atoms with Gasteiger partial charge in [-0.1, -0.05) is 170 Å². The number of hydrogen-bond acceptors (Lipinski definition) is 5. The van der Waals surface area contributed by atoms with Crippen molar-refractivity contribution >= 4 is 86.8 Å². The normalized spacial score (nSPS) is 11.5. The average Bonchev–Trinajstić information content (AvgIpc) is 3.42. The van der Waals surface area contributed by atoms with Crippen molar-refractivity contribution in [3.63, 3.8) is 0 Å². The maximum atomic E-state index is 5.08. The van der Waals surface area contributed by atoms with Crippen molar-refractivity contribution in [1.82, 2.24) is 24.9 Å². The van der Waals surface area contributed by atoms with Gasteiger partial charge < -0.3 is 0 Å². The molecular formula is C63H39N5. The van der Waals surface area contributed by atoms with E-state index < -0.39 is 0 Å². The third kappa shape index (κ3) is 6.68. The van der Waals surface area contributed by atoms with Crippen LogP contribution in [0.4, 0.5) is 0 Å². The summed E-state index contributed by atoms with van der Waals surface area (Å²) >= 11 is 0. The highest BCUT2D eigenvalue weighted by Gasteiger charge is 2.18. The summed E-state index contributed by atoms with van der Waals surface area (Å²) in [7, 11) is 0. The van der Waals surface area contributed by atoms with Crippen LogP contribution in [0.15, 0.2) is 237 Å². The molecule has 9 aromatic carbocycles. The van der Waals surface area contributed by atoms with E-state index in [2.05, 4.69) is 197 Å². The Labute approximate surface area is 391 Å². The van der Waals surface area contributed by atoms with E-state index in [1.165, 1.54) is 54.6 Å². The molecule has 0 N–H and O–H groups in total. The van der Waals surface area contributed by atoms with Gasteiger partial charge in [0.15, 0.2) is 0 Å². The van der Waals surface area contributed by atoms with Gasteiger partial charge in [-0.05, 0) is 103 Å². The largest absolute Gasteiger partial charge is 0.254 e. The summed E-state index contributed by atoms with van der Waals surface area (Å²) in [5, 5.41) is 13.0. The molecule has 0 bridgehead atoms. The van der Waals surface area contributed by atoms with E-state index in [9.17, 15) is 0 Å². The molecule has 0 aliphatic rings. The van der Waals surface area contributed by atoms with Crippen LogP contribution in [0.25, 0.3) is 132 Å². The molecule has 0 saturated carbocycles. The van der Waals surface area contributed by atoms with Crippen molar-refractivity contribution in [2.45, 2.75) is 0 Å². The first-order chi connectivity index (χ1) is 33.7. The van der Waals surface area contributed by atoms with E-state index in [-0.39, 0.29) is 0 Å². The van der Waals surface area contributed by atoms with E-state index in [1.807, 2.05) is 55.0 Å². The molecule has 5 aromatic heterocycles. The first-order valence-corrected chi connectivity index (χ1v) is 22.9. The van der Waals surface area contributed by atoms with Gasteiger partial charge in [-0.15, -0.1) is 0 Å². The zero-order chi connectivity index (χ0) is 45.0. The molecule has 0 amide bonds. The molecule has 0 fully saturated rings. The molecule has 5 nitrogen and oxygen atoms in total. The summed E-state index contributed by atoms with van der Waals surface area (Å²) in [6.45, 7) is 0. The summed E-state index contributed by atoms with van der Waals surface area (Å²) in [6.07, 6.45) is 5.46. The molecule has 0 atom stereocenters. The Balaban J connectivity index is 0.000000160. The quantitative estimate of drug-likeness (QED) is 0.130. The minimum atomic E-state index is 0.901. The molecule has 0 spiro atoms. The van der Waals surface area contributed by atoms with Crippen molar-refractivity contribution < 1.29 is 0 Å². The van der Waals surface area contributed by atoms with Gasteiger partial charge in [0.05, 0.1) is 39.0 Å². The summed E-state index contributed by atoms with van der Waals surface area (Å²) in [5.74, 6) is 0. The molecule has 0 aliphatic heterocycles. The summed E-state index contributed by atoms with van der Waals surface area (Å²) in [4.78, 5) is 23.8. The van der Waals surface area contributed by atoms with E-state index in [0.717, 1.165) is 77.0 Å². The number of rotatable bonds is 4. The van der Waals surface area contributed by atoms with E-state index in [0.29, 0.717) is 0 Å². The predicted octanol–water partition coefficient (Wildman–Crippen LogP) is 16.2. The van der Waals surface area contributed by atoms with Gasteiger partial charge in [0.25, 0.3) is 0 Å². The van der Waals surface area contributed by atoms with Crippen LogP contribution in [-0.2, 0) is 0 Å². The minimum Gasteiger partial charge on any atom is -0.254 e. The number of nitrogens with zero attached hydrogens (tertiary/aromatic N) is 5. The van der Waals surface area contributed by atoms with Crippen molar-refractivity contribution in [3.8, 4) is 44.8 Å². The zero-order valence-corrected chi connectivity index (χ0v) is 36.8. The second-order valence-electron chi connectivity index (χ2n) is 17.1. The molecule has 14 rings (SSSR count). The Morgan fingerprint density at radius 1 is 0.221 bits per heavy atom. The van der Waals surface area contributed by atoms with Crippen molar-refractivity contribution in [3.05, 3.63) is 237 Å². The van der Waals surface area contributed by atoms with Crippen LogP contribution >= 0.6 is 0 Å². The van der Waals surface area contributed by atoms with Gasteiger partial charge in [-0.2, -0.15) is 0 Å². The molecule has 0 unspecified atom stereocenters. The number of hydrogen-bond donors (Lipinski definition) is 0. The third-order valence-electron chi connectivity index (χ3n) is 13.2. The lowest BCUT2D eigenvalue weighted by atomic mass is 9.85. The van der Waals surface area contributed by atoms with Crippen molar-refractivity contribution in [2.75, 3.05) is 0 Å². The average molecular weight is 866 g/mol. The van der Waals surface area contributed by atoms with Crippen molar-refractivity contribution in [2.24, 2.45) is 0 Å². The first-order valence-electron chi connectivity index (χ1n) is 22.9. The van der Waals surface area contributed by atoms with Gasteiger partial charge in [0.1, 0.15) is 0 Å². The highest BCUT2D eigenvalue weighted by Crippen LogP contribution is 2.44. The third-order valence-corrected chi connectivity index (χ3v) is 13.2. The number of benzene rings is 9. The van der Waals surface area contributed by atoms with Crippen LogP contribution in [0.1, 0.15) is 0 Å². The molecule has 5 heteroatoms. The Morgan fingerprint density at radius 2 is 0.647 bits per heavy atom. The smallest absolute Gasteiger partial charge is 0.0986 e. The molecular weight excluding hydrogens is 827 g/mol. The molecule has 5 heterocycles. The van der Waals surface area contributed by atoms with Crippen molar-refractivity contribution in [1.29, 1.82) is 0 Å². The Kier molecular flexibility index (Phi) is 9.43. The van der Waals surface area contributed by atoms with E-state index in [1.54, 1.807) is 0 Å². The van der Waals surface area contributed by atoms with Crippen LogP contribution in [0.2, 0.25) is 0 Å². The second kappa shape index (κ2) is 16.4. The highest BCUT2D eigenvalue weighted by molar-refractivity contribution is 6.23. The number of fused-ring (bicyclic) bond motifs is 12. The molecule has 68 heavy (non-hydrogen) atoms. The molecule has 0 radical (unpaired) electrons. The Hall–Kier alpha value is -9.19. The Bertz CT molecular complexity index is 4170. The molecule has 0 aliphatic carbocycles. The molecule has 316 valence electrons. The highest BCUT2D eigenvalue weighted by atomic mass is 14.8. The maximum Gasteiger partial charge on any atom is 0.0986 e.